The number of benzene rings is 2. The molecule has 6 nitrogen and oxygen atoms in total. The summed E-state index contributed by atoms with van der Waals surface area (Å²) < 4.78 is 10.1. The van der Waals surface area contributed by atoms with Crippen LogP contribution in [-0.2, 0) is 20.9 Å². The normalized spacial score (nSPS) is 10.2. The van der Waals surface area contributed by atoms with E-state index in [-0.39, 0.29) is 31.1 Å². The van der Waals surface area contributed by atoms with Crippen molar-refractivity contribution in [1.29, 1.82) is 0 Å². The Kier molecular flexibility index (Phi) is 7.75. The molecular weight excluding hydrogens is 358 g/mol. The van der Waals surface area contributed by atoms with Gasteiger partial charge in [0.15, 0.2) is 12.4 Å². The van der Waals surface area contributed by atoms with Gasteiger partial charge >= 0.3 is 5.97 Å². The predicted molar refractivity (Wildman–Crippen MR) is 105 cm³/mol. The van der Waals surface area contributed by atoms with Gasteiger partial charge in [-0.1, -0.05) is 42.0 Å². The van der Waals surface area contributed by atoms with Crippen LogP contribution < -0.4 is 4.74 Å². The zero-order chi connectivity index (χ0) is 20.5. The summed E-state index contributed by atoms with van der Waals surface area (Å²) >= 11 is 0. The fraction of sp³-hybridized carbons (Fsp3) is 0.318. The van der Waals surface area contributed by atoms with E-state index in [1.54, 1.807) is 26.3 Å². The molecule has 6 heteroatoms. The first-order valence-electron chi connectivity index (χ1n) is 9.01. The number of ketones is 1. The number of esters is 1. The van der Waals surface area contributed by atoms with Gasteiger partial charge in [-0.05, 0) is 24.6 Å². The second-order valence-corrected chi connectivity index (χ2v) is 6.55. The molecule has 1 amide bonds. The Morgan fingerprint density at radius 2 is 1.57 bits per heavy atom. The number of nitrogens with zero attached hydrogens (tertiary/aromatic N) is 1. The second-order valence-electron chi connectivity index (χ2n) is 6.55. The van der Waals surface area contributed by atoms with Crippen LogP contribution in [0.1, 0.15) is 34.3 Å². The van der Waals surface area contributed by atoms with E-state index < -0.39 is 5.97 Å². The first-order chi connectivity index (χ1) is 13.4. The number of carbonyl (C=O) groups is 3. The quantitative estimate of drug-likeness (QED) is 0.491. The summed E-state index contributed by atoms with van der Waals surface area (Å²) in [5.41, 5.74) is 2.56. The predicted octanol–water partition coefficient (Wildman–Crippen LogP) is 3.17. The van der Waals surface area contributed by atoms with Crippen LogP contribution in [0.15, 0.2) is 48.5 Å². The molecule has 148 valence electrons. The lowest BCUT2D eigenvalue weighted by molar-refractivity contribution is -0.151. The van der Waals surface area contributed by atoms with Crippen LogP contribution in [0.3, 0.4) is 0 Å². The van der Waals surface area contributed by atoms with Crippen LogP contribution in [0.2, 0.25) is 0 Å². The van der Waals surface area contributed by atoms with Gasteiger partial charge in [0.1, 0.15) is 5.75 Å². The van der Waals surface area contributed by atoms with Gasteiger partial charge in [-0.25, -0.2) is 0 Å². The molecule has 2 aromatic carbocycles. The molecule has 0 aliphatic carbocycles. The molecule has 2 aromatic rings. The number of rotatable bonds is 9. The summed E-state index contributed by atoms with van der Waals surface area (Å²) in [6, 6.07) is 14.5. The zero-order valence-corrected chi connectivity index (χ0v) is 16.4. The Morgan fingerprint density at radius 3 is 2.18 bits per heavy atom. The molecule has 0 unspecified atom stereocenters. The Balaban J connectivity index is 1.72. The molecule has 0 aromatic heterocycles. The molecule has 0 bridgehead atoms. The SMILES string of the molecule is COc1ccc(CN(C)C(=O)COC(=O)CCC(=O)c2ccc(C)cc2)cc1. The molecule has 0 saturated carbocycles. The fourth-order valence-corrected chi connectivity index (χ4v) is 2.52. The topological polar surface area (TPSA) is 72.9 Å². The van der Waals surface area contributed by atoms with E-state index >= 15 is 0 Å². The average Bonchev–Trinajstić information content (AvgIpc) is 2.71. The highest BCUT2D eigenvalue weighted by Gasteiger charge is 2.14. The van der Waals surface area contributed by atoms with E-state index in [0.717, 1.165) is 16.9 Å². The monoisotopic (exact) mass is 383 g/mol. The van der Waals surface area contributed by atoms with Crippen molar-refractivity contribution in [3.8, 4) is 5.75 Å². The standard InChI is InChI=1S/C22H25NO5/c1-16-4-8-18(9-5-16)20(24)12-13-22(26)28-15-21(25)23(2)14-17-6-10-19(27-3)11-7-17/h4-11H,12-15H2,1-3H3. The van der Waals surface area contributed by atoms with Gasteiger partial charge in [-0.15, -0.1) is 0 Å². The van der Waals surface area contributed by atoms with Crippen molar-refractivity contribution in [2.75, 3.05) is 20.8 Å². The van der Waals surface area contributed by atoms with Gasteiger partial charge in [-0.3, -0.25) is 14.4 Å². The summed E-state index contributed by atoms with van der Waals surface area (Å²) in [4.78, 5) is 37.5. The van der Waals surface area contributed by atoms with Gasteiger partial charge < -0.3 is 14.4 Å². The van der Waals surface area contributed by atoms with E-state index in [9.17, 15) is 14.4 Å². The maximum atomic E-state index is 12.1. The van der Waals surface area contributed by atoms with Crippen molar-refractivity contribution < 1.29 is 23.9 Å². The van der Waals surface area contributed by atoms with Gasteiger partial charge in [0.05, 0.1) is 13.5 Å². The molecule has 0 N–H and O–H groups in total. The minimum Gasteiger partial charge on any atom is -0.497 e. The average molecular weight is 383 g/mol. The zero-order valence-electron chi connectivity index (χ0n) is 16.4. The number of aryl methyl sites for hydroxylation is 1. The molecule has 0 heterocycles. The molecule has 0 fully saturated rings. The molecule has 2 rings (SSSR count). The van der Waals surface area contributed by atoms with E-state index in [0.29, 0.717) is 12.1 Å². The number of hydrogen-bond acceptors (Lipinski definition) is 5. The minimum atomic E-state index is -0.563. The minimum absolute atomic E-state index is 0.0533. The van der Waals surface area contributed by atoms with Crippen molar-refractivity contribution in [1.82, 2.24) is 4.90 Å². The van der Waals surface area contributed by atoms with Crippen LogP contribution in [0.25, 0.3) is 0 Å². The molecule has 0 aliphatic heterocycles. The molecule has 0 spiro atoms. The Morgan fingerprint density at radius 1 is 0.929 bits per heavy atom. The third kappa shape index (κ3) is 6.54. The van der Waals surface area contributed by atoms with Crippen molar-refractivity contribution in [3.63, 3.8) is 0 Å². The maximum absolute atomic E-state index is 12.1. The highest BCUT2D eigenvalue weighted by Crippen LogP contribution is 2.13. The number of Topliss-reactive ketones (excluding diaryl/α,β-unsaturated/α-hetero) is 1. The lowest BCUT2D eigenvalue weighted by Crippen LogP contribution is -2.30. The van der Waals surface area contributed by atoms with E-state index in [1.165, 1.54) is 4.90 Å². The summed E-state index contributed by atoms with van der Waals surface area (Å²) in [6.07, 6.45) is -0.0000434. The van der Waals surface area contributed by atoms with Crippen molar-refractivity contribution in [2.24, 2.45) is 0 Å². The number of amides is 1. The van der Waals surface area contributed by atoms with E-state index in [2.05, 4.69) is 0 Å². The Bertz CT molecular complexity index is 812. The first kappa shape index (κ1) is 21.2. The number of likely N-dealkylation sites (N-methyl/N-ethyl adjacent to an activating group) is 1. The fourth-order valence-electron chi connectivity index (χ4n) is 2.52. The lowest BCUT2D eigenvalue weighted by atomic mass is 10.1. The molecule has 0 aliphatic rings. The Hall–Kier alpha value is -3.15. The number of methoxy groups -OCH3 is 1. The second kappa shape index (κ2) is 10.3. The van der Waals surface area contributed by atoms with Gasteiger partial charge in [0.2, 0.25) is 0 Å². The highest BCUT2D eigenvalue weighted by atomic mass is 16.5. The first-order valence-corrected chi connectivity index (χ1v) is 9.01. The van der Waals surface area contributed by atoms with Crippen molar-refractivity contribution >= 4 is 17.7 Å². The van der Waals surface area contributed by atoms with Crippen LogP contribution in [0.5, 0.6) is 5.75 Å². The van der Waals surface area contributed by atoms with Gasteiger partial charge in [-0.2, -0.15) is 0 Å². The number of ether oxygens (including phenoxy) is 2. The molecule has 0 saturated heterocycles. The van der Waals surface area contributed by atoms with E-state index in [1.807, 2.05) is 43.3 Å². The number of hydrogen-bond donors (Lipinski definition) is 0. The summed E-state index contributed by atoms with van der Waals surface area (Å²) in [6.45, 7) is 1.99. The third-order valence-corrected chi connectivity index (χ3v) is 4.29. The molecule has 0 radical (unpaired) electrons. The van der Waals surface area contributed by atoms with Crippen LogP contribution in [0.4, 0.5) is 0 Å². The number of carbonyl (C=O) groups excluding carboxylic acids is 3. The molecule has 0 atom stereocenters. The van der Waals surface area contributed by atoms with Gasteiger partial charge in [0, 0.05) is 25.6 Å². The lowest BCUT2D eigenvalue weighted by Gasteiger charge is -2.17. The smallest absolute Gasteiger partial charge is 0.306 e. The van der Waals surface area contributed by atoms with Crippen LogP contribution >= 0.6 is 0 Å². The summed E-state index contributed by atoms with van der Waals surface area (Å²) in [5.74, 6) is -0.257. The van der Waals surface area contributed by atoms with Crippen LogP contribution in [-0.4, -0.2) is 43.3 Å². The summed E-state index contributed by atoms with van der Waals surface area (Å²) in [5, 5.41) is 0. The van der Waals surface area contributed by atoms with E-state index in [4.69, 9.17) is 9.47 Å². The van der Waals surface area contributed by atoms with Gasteiger partial charge in [0.25, 0.3) is 5.91 Å². The maximum Gasteiger partial charge on any atom is 0.306 e. The van der Waals surface area contributed by atoms with Crippen molar-refractivity contribution in [3.05, 3.63) is 65.2 Å². The van der Waals surface area contributed by atoms with Crippen molar-refractivity contribution in [2.45, 2.75) is 26.3 Å². The highest BCUT2D eigenvalue weighted by molar-refractivity contribution is 5.97. The summed E-state index contributed by atoms with van der Waals surface area (Å²) in [7, 11) is 3.23. The molecular formula is C22H25NO5. The van der Waals surface area contributed by atoms with Crippen LogP contribution in [0, 0.1) is 6.92 Å². The molecule has 28 heavy (non-hydrogen) atoms. The third-order valence-electron chi connectivity index (χ3n) is 4.29. The Labute approximate surface area is 165 Å². The largest absolute Gasteiger partial charge is 0.497 e.